The first-order valence-electron chi connectivity index (χ1n) is 7.95. The number of amides is 2. The number of halogens is 3. The first-order chi connectivity index (χ1) is 12.8. The lowest BCUT2D eigenvalue weighted by atomic mass is 10.0. The summed E-state index contributed by atoms with van der Waals surface area (Å²) in [5.41, 5.74) is 5.27. The van der Waals surface area contributed by atoms with Crippen molar-refractivity contribution in [1.29, 1.82) is 0 Å². The molecule has 10 heteroatoms. The molecule has 0 aliphatic carbocycles. The largest absolute Gasteiger partial charge is 0.317 e. The minimum Gasteiger partial charge on any atom is -0.317 e. The van der Waals surface area contributed by atoms with Crippen LogP contribution in [0.4, 0.5) is 8.78 Å². The summed E-state index contributed by atoms with van der Waals surface area (Å²) in [6.07, 6.45) is 1.35. The number of hydrogen-bond acceptors (Lipinski definition) is 4. The summed E-state index contributed by atoms with van der Waals surface area (Å²) < 4.78 is 29.3. The van der Waals surface area contributed by atoms with E-state index in [4.69, 9.17) is 0 Å². The fourth-order valence-electron chi connectivity index (χ4n) is 2.68. The van der Waals surface area contributed by atoms with Gasteiger partial charge in [0.05, 0.1) is 26.0 Å². The Labute approximate surface area is 165 Å². The lowest BCUT2D eigenvalue weighted by Crippen LogP contribution is -2.46. The normalized spacial score (nSPS) is 12.4. The van der Waals surface area contributed by atoms with Crippen LogP contribution in [0.2, 0.25) is 0 Å². The third-order valence-electron chi connectivity index (χ3n) is 3.91. The molecule has 0 aliphatic heterocycles. The average Bonchev–Trinajstić information content (AvgIpc) is 3.20. The van der Waals surface area contributed by atoms with E-state index in [9.17, 15) is 18.4 Å². The lowest BCUT2D eigenvalue weighted by Gasteiger charge is -2.22. The summed E-state index contributed by atoms with van der Waals surface area (Å²) in [6.45, 7) is 3.60. The highest BCUT2D eigenvalue weighted by Crippen LogP contribution is 2.26. The molecule has 2 heterocycles. The maximum absolute atomic E-state index is 13.6. The molecule has 0 bridgehead atoms. The SMILES string of the molecule is CC(C)C(C(=O)NNC(=O)c1ccc(Br)s1)n1cnc2cc(F)c(F)cc21. The third-order valence-corrected chi connectivity index (χ3v) is 5.54. The Morgan fingerprint density at radius 1 is 1.19 bits per heavy atom. The molecule has 2 aromatic heterocycles. The number of fused-ring (bicyclic) bond motifs is 1. The van der Waals surface area contributed by atoms with Crippen molar-refractivity contribution in [3.05, 3.63) is 50.9 Å². The molecular weight excluding hydrogens is 442 g/mol. The number of carbonyl (C=O) groups excluding carboxylic acids is 2. The van der Waals surface area contributed by atoms with Gasteiger partial charge < -0.3 is 4.57 Å². The number of nitrogens with one attached hydrogen (secondary N) is 2. The fraction of sp³-hybridized carbons (Fsp3) is 0.235. The number of carbonyl (C=O) groups is 2. The van der Waals surface area contributed by atoms with E-state index in [1.165, 1.54) is 22.2 Å². The van der Waals surface area contributed by atoms with E-state index in [0.717, 1.165) is 15.9 Å². The number of thiophene rings is 1. The smallest absolute Gasteiger partial charge is 0.279 e. The summed E-state index contributed by atoms with van der Waals surface area (Å²) in [5.74, 6) is -3.19. The van der Waals surface area contributed by atoms with Crippen molar-refractivity contribution in [3.8, 4) is 0 Å². The Morgan fingerprint density at radius 3 is 2.52 bits per heavy atom. The van der Waals surface area contributed by atoms with Crippen LogP contribution in [0.25, 0.3) is 11.0 Å². The zero-order valence-corrected chi connectivity index (χ0v) is 16.7. The van der Waals surface area contributed by atoms with Crippen LogP contribution in [0.5, 0.6) is 0 Å². The van der Waals surface area contributed by atoms with Gasteiger partial charge in [0, 0.05) is 12.1 Å². The van der Waals surface area contributed by atoms with Gasteiger partial charge in [-0.15, -0.1) is 11.3 Å². The fourth-order valence-corrected chi connectivity index (χ4v) is 3.97. The molecule has 0 spiro atoms. The molecule has 6 nitrogen and oxygen atoms in total. The molecule has 142 valence electrons. The van der Waals surface area contributed by atoms with Gasteiger partial charge in [0.1, 0.15) is 6.04 Å². The van der Waals surface area contributed by atoms with Crippen LogP contribution in [-0.2, 0) is 4.79 Å². The Hall–Kier alpha value is -2.33. The van der Waals surface area contributed by atoms with Gasteiger partial charge in [-0.2, -0.15) is 0 Å². The highest BCUT2D eigenvalue weighted by molar-refractivity contribution is 9.11. The molecule has 1 unspecified atom stereocenters. The average molecular weight is 457 g/mol. The summed E-state index contributed by atoms with van der Waals surface area (Å²) in [7, 11) is 0. The summed E-state index contributed by atoms with van der Waals surface area (Å²) in [5, 5.41) is 0. The Morgan fingerprint density at radius 2 is 1.89 bits per heavy atom. The highest BCUT2D eigenvalue weighted by atomic mass is 79.9. The molecule has 0 saturated heterocycles. The molecule has 0 radical (unpaired) electrons. The van der Waals surface area contributed by atoms with Gasteiger partial charge in [0.2, 0.25) is 0 Å². The molecule has 2 N–H and O–H groups in total. The molecule has 1 atom stereocenters. The Bertz CT molecular complexity index is 1020. The first-order valence-corrected chi connectivity index (χ1v) is 9.56. The molecule has 3 rings (SSSR count). The number of benzene rings is 1. The van der Waals surface area contributed by atoms with Crippen molar-refractivity contribution in [3.63, 3.8) is 0 Å². The van der Waals surface area contributed by atoms with E-state index in [0.29, 0.717) is 4.88 Å². The third kappa shape index (κ3) is 4.01. The second-order valence-electron chi connectivity index (χ2n) is 6.14. The van der Waals surface area contributed by atoms with Crippen LogP contribution >= 0.6 is 27.3 Å². The number of aromatic nitrogens is 2. The van der Waals surface area contributed by atoms with E-state index in [-0.39, 0.29) is 17.0 Å². The van der Waals surface area contributed by atoms with Gasteiger partial charge in [0.25, 0.3) is 11.8 Å². The van der Waals surface area contributed by atoms with Gasteiger partial charge in [-0.3, -0.25) is 20.4 Å². The number of imidazole rings is 1. The second-order valence-corrected chi connectivity index (χ2v) is 8.61. The second kappa shape index (κ2) is 7.73. The maximum Gasteiger partial charge on any atom is 0.279 e. The van der Waals surface area contributed by atoms with Crippen molar-refractivity contribution < 1.29 is 18.4 Å². The van der Waals surface area contributed by atoms with Crippen molar-refractivity contribution in [2.45, 2.75) is 19.9 Å². The number of rotatable bonds is 4. The molecule has 0 saturated carbocycles. The Kier molecular flexibility index (Phi) is 5.56. The standard InChI is InChI=1S/C17H15BrF2N4O2S/c1-8(2)15(17(26)23-22-16(25)13-3-4-14(18)27-13)24-7-21-11-5-9(19)10(20)6-12(11)24/h3-8,15H,1-2H3,(H,22,25)(H,23,26). The number of nitrogens with zero attached hydrogens (tertiary/aromatic N) is 2. The topological polar surface area (TPSA) is 76.0 Å². The van der Waals surface area contributed by atoms with Crippen LogP contribution in [0.1, 0.15) is 29.6 Å². The zero-order chi connectivity index (χ0) is 19.7. The quantitative estimate of drug-likeness (QED) is 0.586. The molecule has 0 aliphatic rings. The number of hydrogen-bond donors (Lipinski definition) is 2. The molecule has 3 aromatic rings. The minimum atomic E-state index is -1.02. The monoisotopic (exact) mass is 456 g/mol. The van der Waals surface area contributed by atoms with Crippen molar-refractivity contribution in [1.82, 2.24) is 20.4 Å². The first kappa shape index (κ1) is 19.4. The zero-order valence-electron chi connectivity index (χ0n) is 14.3. The van der Waals surface area contributed by atoms with Crippen LogP contribution < -0.4 is 10.9 Å². The van der Waals surface area contributed by atoms with Gasteiger partial charge in [0.15, 0.2) is 11.6 Å². The van der Waals surface area contributed by atoms with Crippen molar-refractivity contribution in [2.75, 3.05) is 0 Å². The molecule has 1 aromatic carbocycles. The van der Waals surface area contributed by atoms with Gasteiger partial charge in [-0.05, 0) is 34.0 Å². The number of hydrazine groups is 1. The predicted octanol–water partition coefficient (Wildman–Crippen LogP) is 3.80. The van der Waals surface area contributed by atoms with Crippen molar-refractivity contribution >= 4 is 50.1 Å². The minimum absolute atomic E-state index is 0.205. The molecular formula is C17H15BrF2N4O2S. The van der Waals surface area contributed by atoms with Gasteiger partial charge in [-0.1, -0.05) is 13.8 Å². The predicted molar refractivity (Wildman–Crippen MR) is 101 cm³/mol. The van der Waals surface area contributed by atoms with E-state index < -0.39 is 29.5 Å². The van der Waals surface area contributed by atoms with Crippen LogP contribution in [0, 0.1) is 17.6 Å². The Balaban J connectivity index is 1.82. The van der Waals surface area contributed by atoms with Gasteiger partial charge >= 0.3 is 0 Å². The van der Waals surface area contributed by atoms with Crippen LogP contribution in [-0.4, -0.2) is 21.4 Å². The van der Waals surface area contributed by atoms with Gasteiger partial charge in [-0.25, -0.2) is 13.8 Å². The van der Waals surface area contributed by atoms with E-state index in [1.807, 2.05) is 0 Å². The van der Waals surface area contributed by atoms with E-state index in [2.05, 4.69) is 31.8 Å². The van der Waals surface area contributed by atoms with E-state index >= 15 is 0 Å². The maximum atomic E-state index is 13.6. The molecule has 27 heavy (non-hydrogen) atoms. The van der Waals surface area contributed by atoms with Crippen LogP contribution in [0.3, 0.4) is 0 Å². The summed E-state index contributed by atoms with van der Waals surface area (Å²) in [6, 6.07) is 4.55. The van der Waals surface area contributed by atoms with Crippen molar-refractivity contribution in [2.24, 2.45) is 5.92 Å². The molecule has 0 fully saturated rings. The lowest BCUT2D eigenvalue weighted by molar-refractivity contribution is -0.126. The highest BCUT2D eigenvalue weighted by Gasteiger charge is 2.27. The summed E-state index contributed by atoms with van der Waals surface area (Å²) >= 11 is 4.49. The molecule has 2 amide bonds. The van der Waals surface area contributed by atoms with Crippen LogP contribution in [0.15, 0.2) is 34.4 Å². The van der Waals surface area contributed by atoms with E-state index in [1.54, 1.807) is 26.0 Å². The summed E-state index contributed by atoms with van der Waals surface area (Å²) in [4.78, 5) is 29.2.